The number of hydrogen-bond acceptors (Lipinski definition) is 2. The largest absolute Gasteiger partial charge is 0.366 e. The summed E-state index contributed by atoms with van der Waals surface area (Å²) in [7, 11) is 0. The Morgan fingerprint density at radius 3 is 2.19 bits per heavy atom. The normalized spacial score (nSPS) is 10.1. The van der Waals surface area contributed by atoms with Crippen molar-refractivity contribution in [2.45, 2.75) is 0 Å². The van der Waals surface area contributed by atoms with Crippen molar-refractivity contribution in [2.75, 3.05) is 0 Å². The van der Waals surface area contributed by atoms with Gasteiger partial charge in [-0.3, -0.25) is 4.79 Å². The molecule has 0 saturated heterocycles. The number of amides is 1. The van der Waals surface area contributed by atoms with Crippen LogP contribution in [0.1, 0.15) is 10.4 Å². The van der Waals surface area contributed by atoms with Crippen LogP contribution >= 0.6 is 11.6 Å². The molecule has 16 heavy (non-hydrogen) atoms. The third-order valence-corrected chi connectivity index (χ3v) is 2.45. The molecule has 0 aliphatic heterocycles. The molecule has 4 heteroatoms. The fourth-order valence-corrected chi connectivity index (χ4v) is 1.49. The molecule has 0 aliphatic rings. The van der Waals surface area contributed by atoms with E-state index in [0.717, 1.165) is 11.1 Å². The van der Waals surface area contributed by atoms with Crippen molar-refractivity contribution in [1.29, 1.82) is 0 Å². The number of nitrogens with two attached hydrogens (primary N) is 1. The molecule has 0 bridgehead atoms. The number of aromatic nitrogens is 1. The molecular formula is C12H9ClN2O. The number of benzene rings is 1. The standard InChI is InChI=1S/C12H9ClN2O/c13-11-6-5-10(7-15-11)8-1-3-9(4-2-8)12(14)16/h1-7H,(H2,14,16). The van der Waals surface area contributed by atoms with E-state index in [2.05, 4.69) is 4.98 Å². The van der Waals surface area contributed by atoms with Crippen LogP contribution in [0.25, 0.3) is 11.1 Å². The van der Waals surface area contributed by atoms with E-state index >= 15 is 0 Å². The van der Waals surface area contributed by atoms with Gasteiger partial charge in [0, 0.05) is 17.3 Å². The Morgan fingerprint density at radius 2 is 1.69 bits per heavy atom. The van der Waals surface area contributed by atoms with Gasteiger partial charge in [0.2, 0.25) is 5.91 Å². The number of primary amides is 1. The number of halogens is 1. The quantitative estimate of drug-likeness (QED) is 0.809. The fraction of sp³-hybridized carbons (Fsp3) is 0. The summed E-state index contributed by atoms with van der Waals surface area (Å²) in [5, 5.41) is 0.456. The van der Waals surface area contributed by atoms with Gasteiger partial charge in [0.05, 0.1) is 0 Å². The van der Waals surface area contributed by atoms with Gasteiger partial charge in [0.1, 0.15) is 5.15 Å². The maximum Gasteiger partial charge on any atom is 0.248 e. The lowest BCUT2D eigenvalue weighted by Crippen LogP contribution is -2.10. The second kappa shape index (κ2) is 4.33. The summed E-state index contributed by atoms with van der Waals surface area (Å²) < 4.78 is 0. The van der Waals surface area contributed by atoms with Crippen molar-refractivity contribution in [3.63, 3.8) is 0 Å². The number of rotatable bonds is 2. The van der Waals surface area contributed by atoms with E-state index in [-0.39, 0.29) is 0 Å². The highest BCUT2D eigenvalue weighted by Gasteiger charge is 2.01. The lowest BCUT2D eigenvalue weighted by molar-refractivity contribution is 0.100. The molecule has 2 N–H and O–H groups in total. The molecule has 0 radical (unpaired) electrons. The molecule has 3 nitrogen and oxygen atoms in total. The first-order valence-electron chi connectivity index (χ1n) is 4.68. The number of hydrogen-bond donors (Lipinski definition) is 1. The van der Waals surface area contributed by atoms with Crippen LogP contribution in [0.15, 0.2) is 42.6 Å². The Balaban J connectivity index is 2.34. The average molecular weight is 233 g/mol. The lowest BCUT2D eigenvalue weighted by atomic mass is 10.1. The first-order chi connectivity index (χ1) is 7.66. The molecule has 1 aromatic carbocycles. The predicted octanol–water partition coefficient (Wildman–Crippen LogP) is 2.50. The van der Waals surface area contributed by atoms with Crippen LogP contribution in [0, 0.1) is 0 Å². The van der Waals surface area contributed by atoms with Crippen molar-refractivity contribution in [3.8, 4) is 11.1 Å². The summed E-state index contributed by atoms with van der Waals surface area (Å²) in [6.45, 7) is 0. The minimum atomic E-state index is -0.430. The Morgan fingerprint density at radius 1 is 1.06 bits per heavy atom. The van der Waals surface area contributed by atoms with Gasteiger partial charge in [-0.05, 0) is 29.8 Å². The van der Waals surface area contributed by atoms with Gasteiger partial charge >= 0.3 is 0 Å². The molecule has 0 saturated carbocycles. The molecule has 80 valence electrons. The highest BCUT2D eigenvalue weighted by atomic mass is 35.5. The van der Waals surface area contributed by atoms with Crippen molar-refractivity contribution >= 4 is 17.5 Å². The molecule has 0 fully saturated rings. The highest BCUT2D eigenvalue weighted by molar-refractivity contribution is 6.29. The average Bonchev–Trinajstić information content (AvgIpc) is 2.30. The zero-order chi connectivity index (χ0) is 11.5. The van der Waals surface area contributed by atoms with E-state index in [1.807, 2.05) is 18.2 Å². The Kier molecular flexibility index (Phi) is 2.88. The van der Waals surface area contributed by atoms with Crippen LogP contribution in [0.4, 0.5) is 0 Å². The third-order valence-electron chi connectivity index (χ3n) is 2.23. The zero-order valence-electron chi connectivity index (χ0n) is 8.35. The summed E-state index contributed by atoms with van der Waals surface area (Å²) in [5.41, 5.74) is 7.56. The van der Waals surface area contributed by atoms with Crippen LogP contribution in [-0.2, 0) is 0 Å². The van der Waals surface area contributed by atoms with Gasteiger partial charge in [-0.1, -0.05) is 23.7 Å². The second-order valence-electron chi connectivity index (χ2n) is 3.31. The number of pyridine rings is 1. The topological polar surface area (TPSA) is 56.0 Å². The summed E-state index contributed by atoms with van der Waals surface area (Å²) in [4.78, 5) is 14.9. The van der Waals surface area contributed by atoms with Crippen LogP contribution < -0.4 is 5.73 Å². The molecule has 1 aromatic heterocycles. The van der Waals surface area contributed by atoms with Crippen molar-refractivity contribution in [2.24, 2.45) is 5.73 Å². The first-order valence-corrected chi connectivity index (χ1v) is 5.06. The van der Waals surface area contributed by atoms with Gasteiger partial charge in [-0.15, -0.1) is 0 Å². The van der Waals surface area contributed by atoms with Crippen LogP contribution in [0.2, 0.25) is 5.15 Å². The predicted molar refractivity (Wildman–Crippen MR) is 63.2 cm³/mol. The number of carbonyl (C=O) groups is 1. The monoisotopic (exact) mass is 232 g/mol. The van der Waals surface area contributed by atoms with E-state index in [4.69, 9.17) is 17.3 Å². The summed E-state index contributed by atoms with van der Waals surface area (Å²) in [5.74, 6) is -0.430. The van der Waals surface area contributed by atoms with Gasteiger partial charge in [-0.2, -0.15) is 0 Å². The number of nitrogens with zero attached hydrogens (tertiary/aromatic N) is 1. The second-order valence-corrected chi connectivity index (χ2v) is 3.70. The lowest BCUT2D eigenvalue weighted by Gasteiger charge is -2.02. The third kappa shape index (κ3) is 2.20. The molecule has 1 heterocycles. The fourth-order valence-electron chi connectivity index (χ4n) is 1.37. The van der Waals surface area contributed by atoms with E-state index in [1.54, 1.807) is 24.4 Å². The van der Waals surface area contributed by atoms with E-state index in [0.29, 0.717) is 10.7 Å². The van der Waals surface area contributed by atoms with Gasteiger partial charge in [-0.25, -0.2) is 4.98 Å². The summed E-state index contributed by atoms with van der Waals surface area (Å²) in [6.07, 6.45) is 1.68. The highest BCUT2D eigenvalue weighted by Crippen LogP contribution is 2.19. The SMILES string of the molecule is NC(=O)c1ccc(-c2ccc(Cl)nc2)cc1. The van der Waals surface area contributed by atoms with Crippen molar-refractivity contribution < 1.29 is 4.79 Å². The van der Waals surface area contributed by atoms with Gasteiger partial charge < -0.3 is 5.73 Å². The number of carbonyl (C=O) groups excluding carboxylic acids is 1. The van der Waals surface area contributed by atoms with Crippen LogP contribution in [-0.4, -0.2) is 10.9 Å². The maximum absolute atomic E-state index is 10.9. The Hall–Kier alpha value is -1.87. The molecule has 2 aromatic rings. The molecule has 0 spiro atoms. The summed E-state index contributed by atoms with van der Waals surface area (Å²) in [6, 6.07) is 10.6. The zero-order valence-corrected chi connectivity index (χ0v) is 9.11. The van der Waals surface area contributed by atoms with E-state index < -0.39 is 5.91 Å². The molecule has 2 rings (SSSR count). The smallest absolute Gasteiger partial charge is 0.248 e. The van der Waals surface area contributed by atoms with Crippen LogP contribution in [0.3, 0.4) is 0 Å². The van der Waals surface area contributed by atoms with E-state index in [9.17, 15) is 4.79 Å². The Labute approximate surface area is 97.9 Å². The first kappa shape index (κ1) is 10.6. The molecule has 0 aliphatic carbocycles. The molecule has 0 unspecified atom stereocenters. The minimum Gasteiger partial charge on any atom is -0.366 e. The molecular weight excluding hydrogens is 224 g/mol. The Bertz CT molecular complexity index is 506. The minimum absolute atomic E-state index is 0.430. The molecule has 1 amide bonds. The van der Waals surface area contributed by atoms with E-state index in [1.165, 1.54) is 0 Å². The maximum atomic E-state index is 10.9. The summed E-state index contributed by atoms with van der Waals surface area (Å²) >= 11 is 5.69. The van der Waals surface area contributed by atoms with Gasteiger partial charge in [0.15, 0.2) is 0 Å². The van der Waals surface area contributed by atoms with Gasteiger partial charge in [0.25, 0.3) is 0 Å². The van der Waals surface area contributed by atoms with Crippen molar-refractivity contribution in [1.82, 2.24) is 4.98 Å². The van der Waals surface area contributed by atoms with Crippen LogP contribution in [0.5, 0.6) is 0 Å². The van der Waals surface area contributed by atoms with Crippen molar-refractivity contribution in [3.05, 3.63) is 53.3 Å². The molecule has 0 atom stereocenters.